The van der Waals surface area contributed by atoms with Gasteiger partial charge in [-0.25, -0.2) is 0 Å². The van der Waals surface area contributed by atoms with E-state index >= 15 is 0 Å². The number of aromatic nitrogens is 1. The molecule has 2 rings (SSSR count). The maximum Gasteiger partial charge on any atom is 0.252 e. The summed E-state index contributed by atoms with van der Waals surface area (Å²) in [5.41, 5.74) is 5.59. The maximum absolute atomic E-state index is 11.9. The highest BCUT2D eigenvalue weighted by atomic mass is 32.1. The van der Waals surface area contributed by atoms with E-state index in [4.69, 9.17) is 18.0 Å². The summed E-state index contributed by atoms with van der Waals surface area (Å²) >= 11 is 4.92. The van der Waals surface area contributed by atoms with Gasteiger partial charge < -0.3 is 16.0 Å². The molecule has 1 aromatic rings. The molecule has 0 aromatic carbocycles. The smallest absolute Gasteiger partial charge is 0.252 e. The van der Waals surface area contributed by atoms with Gasteiger partial charge >= 0.3 is 0 Å². The normalized spacial score (nSPS) is 16.2. The van der Waals surface area contributed by atoms with Gasteiger partial charge in [0.05, 0.1) is 11.0 Å². The van der Waals surface area contributed by atoms with Crippen LogP contribution in [0.4, 0.5) is 0 Å². The van der Waals surface area contributed by atoms with Crippen LogP contribution in [0.3, 0.4) is 0 Å². The maximum atomic E-state index is 11.9. The third kappa shape index (κ3) is 2.91. The number of amides is 1. The summed E-state index contributed by atoms with van der Waals surface area (Å²) in [4.78, 5) is 25.7. The highest BCUT2D eigenvalue weighted by Gasteiger charge is 2.34. The minimum absolute atomic E-state index is 0.267. The monoisotopic (exact) mass is 251 g/mol. The Labute approximate surface area is 103 Å². The molecule has 1 saturated carbocycles. The summed E-state index contributed by atoms with van der Waals surface area (Å²) in [5.74, 6) is 0.0271. The number of thiocarbonyl (C=S) groups is 1. The van der Waals surface area contributed by atoms with Crippen LogP contribution in [0, 0.1) is 5.92 Å². The number of hydrogen-bond acceptors (Lipinski definition) is 3. The van der Waals surface area contributed by atoms with Crippen LogP contribution in [0.1, 0.15) is 23.2 Å². The molecule has 1 unspecified atom stereocenters. The third-order valence-corrected chi connectivity index (χ3v) is 2.98. The second-order valence-corrected chi connectivity index (χ2v) is 4.60. The van der Waals surface area contributed by atoms with Gasteiger partial charge in [0.15, 0.2) is 0 Å². The van der Waals surface area contributed by atoms with E-state index in [0.29, 0.717) is 16.5 Å². The molecule has 6 heteroatoms. The molecule has 1 aromatic heterocycles. The van der Waals surface area contributed by atoms with Crippen LogP contribution >= 0.6 is 12.2 Å². The van der Waals surface area contributed by atoms with Crippen molar-refractivity contribution in [3.63, 3.8) is 0 Å². The fourth-order valence-electron chi connectivity index (χ4n) is 1.66. The first-order chi connectivity index (χ1) is 8.08. The van der Waals surface area contributed by atoms with E-state index in [1.165, 1.54) is 12.3 Å². The molecule has 0 saturated heterocycles. The van der Waals surface area contributed by atoms with Gasteiger partial charge in [0.1, 0.15) is 0 Å². The molecule has 0 aliphatic heterocycles. The Morgan fingerprint density at radius 2 is 2.29 bits per heavy atom. The summed E-state index contributed by atoms with van der Waals surface area (Å²) in [6.45, 7) is 0. The second kappa shape index (κ2) is 4.67. The van der Waals surface area contributed by atoms with Crippen molar-refractivity contribution in [2.45, 2.75) is 18.9 Å². The zero-order chi connectivity index (χ0) is 12.4. The van der Waals surface area contributed by atoms with Gasteiger partial charge in [0, 0.05) is 17.8 Å². The van der Waals surface area contributed by atoms with Gasteiger partial charge in [-0.15, -0.1) is 0 Å². The molecular weight excluding hydrogens is 238 g/mol. The average Bonchev–Trinajstić information content (AvgIpc) is 3.09. The Hall–Kier alpha value is -1.69. The number of pyridine rings is 1. The number of hydrogen-bond donors (Lipinski definition) is 3. The molecule has 1 aliphatic rings. The summed E-state index contributed by atoms with van der Waals surface area (Å²) in [6, 6.07) is 2.52. The van der Waals surface area contributed by atoms with E-state index in [9.17, 15) is 9.59 Å². The standard InChI is InChI=1S/C11H13N3O2S/c12-10(17)9(6-1-2-6)14-11(16)7-3-4-13-8(15)5-7/h3-6,9H,1-2H2,(H2,12,17)(H,13,15)(H,14,16). The molecule has 1 fully saturated rings. The lowest BCUT2D eigenvalue weighted by atomic mass is 10.1. The fraction of sp³-hybridized carbons (Fsp3) is 0.364. The predicted molar refractivity (Wildman–Crippen MR) is 67.8 cm³/mol. The lowest BCUT2D eigenvalue weighted by Gasteiger charge is -2.16. The van der Waals surface area contributed by atoms with E-state index in [1.54, 1.807) is 6.07 Å². The number of H-pyrrole nitrogens is 1. The summed E-state index contributed by atoms with van der Waals surface area (Å²) in [5, 5.41) is 2.76. The van der Waals surface area contributed by atoms with Crippen molar-refractivity contribution >= 4 is 23.1 Å². The first kappa shape index (κ1) is 11.8. The number of rotatable bonds is 4. The van der Waals surface area contributed by atoms with Crippen LogP contribution in [-0.2, 0) is 0 Å². The van der Waals surface area contributed by atoms with Crippen LogP contribution in [0.15, 0.2) is 23.1 Å². The lowest BCUT2D eigenvalue weighted by molar-refractivity contribution is 0.0943. The van der Waals surface area contributed by atoms with Crippen molar-refractivity contribution in [2.24, 2.45) is 11.7 Å². The lowest BCUT2D eigenvalue weighted by Crippen LogP contribution is -2.45. The zero-order valence-corrected chi connectivity index (χ0v) is 9.92. The minimum atomic E-state index is -0.319. The van der Waals surface area contributed by atoms with Crippen LogP contribution in [-0.4, -0.2) is 21.9 Å². The number of nitrogens with two attached hydrogens (primary N) is 1. The van der Waals surface area contributed by atoms with Crippen LogP contribution in [0.2, 0.25) is 0 Å². The Morgan fingerprint density at radius 3 is 2.82 bits per heavy atom. The summed E-state index contributed by atoms with van der Waals surface area (Å²) in [6.07, 6.45) is 3.49. The van der Waals surface area contributed by atoms with E-state index in [1.807, 2.05) is 0 Å². The van der Waals surface area contributed by atoms with Gasteiger partial charge in [-0.1, -0.05) is 12.2 Å². The SMILES string of the molecule is NC(=S)C(NC(=O)c1cc[nH]c(=O)c1)C1CC1. The van der Waals surface area contributed by atoms with Crippen molar-refractivity contribution in [1.82, 2.24) is 10.3 Å². The van der Waals surface area contributed by atoms with Gasteiger partial charge in [-0.05, 0) is 24.8 Å². The topological polar surface area (TPSA) is 88.0 Å². The Morgan fingerprint density at radius 1 is 1.59 bits per heavy atom. The molecule has 0 radical (unpaired) electrons. The summed E-state index contributed by atoms with van der Waals surface area (Å²) in [7, 11) is 0. The molecule has 1 aliphatic carbocycles. The molecule has 0 bridgehead atoms. The van der Waals surface area contributed by atoms with Crippen molar-refractivity contribution in [3.8, 4) is 0 Å². The van der Waals surface area contributed by atoms with Gasteiger partial charge in [0.25, 0.3) is 5.91 Å². The predicted octanol–water partition coefficient (Wildman–Crippen LogP) is 0.169. The Kier molecular flexibility index (Phi) is 3.23. The van der Waals surface area contributed by atoms with E-state index in [2.05, 4.69) is 10.3 Å². The fourth-order valence-corrected chi connectivity index (χ4v) is 1.91. The largest absolute Gasteiger partial charge is 0.392 e. The van der Waals surface area contributed by atoms with Crippen LogP contribution < -0.4 is 16.6 Å². The first-order valence-corrected chi connectivity index (χ1v) is 5.77. The first-order valence-electron chi connectivity index (χ1n) is 5.37. The highest BCUT2D eigenvalue weighted by molar-refractivity contribution is 7.80. The van der Waals surface area contributed by atoms with Crippen molar-refractivity contribution in [2.75, 3.05) is 0 Å². The molecule has 1 heterocycles. The van der Waals surface area contributed by atoms with Crippen LogP contribution in [0.5, 0.6) is 0 Å². The Bertz CT molecular complexity index is 507. The second-order valence-electron chi connectivity index (χ2n) is 4.13. The van der Waals surface area contributed by atoms with E-state index < -0.39 is 0 Å². The van der Waals surface area contributed by atoms with E-state index in [-0.39, 0.29) is 17.5 Å². The third-order valence-electron chi connectivity index (χ3n) is 2.72. The molecule has 4 N–H and O–H groups in total. The molecule has 1 amide bonds. The van der Waals surface area contributed by atoms with Gasteiger partial charge in [-0.3, -0.25) is 9.59 Å². The Balaban J connectivity index is 2.10. The van der Waals surface area contributed by atoms with Gasteiger partial charge in [0.2, 0.25) is 5.56 Å². The van der Waals surface area contributed by atoms with Crippen molar-refractivity contribution in [3.05, 3.63) is 34.2 Å². The number of nitrogens with one attached hydrogen (secondary N) is 2. The molecule has 1 atom stereocenters. The number of aromatic amines is 1. The van der Waals surface area contributed by atoms with Gasteiger partial charge in [-0.2, -0.15) is 0 Å². The number of carbonyl (C=O) groups excluding carboxylic acids is 1. The minimum Gasteiger partial charge on any atom is -0.392 e. The van der Waals surface area contributed by atoms with Crippen molar-refractivity contribution < 1.29 is 4.79 Å². The van der Waals surface area contributed by atoms with Crippen LogP contribution in [0.25, 0.3) is 0 Å². The average molecular weight is 251 g/mol. The molecule has 90 valence electrons. The highest BCUT2D eigenvalue weighted by Crippen LogP contribution is 2.32. The van der Waals surface area contributed by atoms with Crippen molar-refractivity contribution in [1.29, 1.82) is 0 Å². The zero-order valence-electron chi connectivity index (χ0n) is 9.10. The molecule has 5 nitrogen and oxygen atoms in total. The van der Waals surface area contributed by atoms with E-state index in [0.717, 1.165) is 12.8 Å². The summed E-state index contributed by atoms with van der Waals surface area (Å²) < 4.78 is 0. The number of carbonyl (C=O) groups is 1. The molecule has 0 spiro atoms. The quantitative estimate of drug-likeness (QED) is 0.666. The molecule has 17 heavy (non-hydrogen) atoms. The molecular formula is C11H13N3O2S.